The third kappa shape index (κ3) is 6.04. The molecule has 0 saturated heterocycles. The lowest BCUT2D eigenvalue weighted by molar-refractivity contribution is -0.103. The second-order valence-electron chi connectivity index (χ2n) is 5.92. The van der Waals surface area contributed by atoms with E-state index in [2.05, 4.69) is 52.6 Å². The molecule has 0 rings (SSSR count). The zero-order valence-electron chi connectivity index (χ0n) is 12.1. The second-order valence-corrected chi connectivity index (χ2v) is 10.7. The molecule has 0 aromatic carbocycles. The molecular weight excluding hydrogens is 228 g/mol. The molecule has 0 amide bonds. The first-order valence-electron chi connectivity index (χ1n) is 6.37. The summed E-state index contributed by atoms with van der Waals surface area (Å²) in [5.41, 5.74) is 0. The highest BCUT2D eigenvalue weighted by Crippen LogP contribution is 2.37. The third-order valence-electron chi connectivity index (χ3n) is 3.37. The van der Waals surface area contributed by atoms with Crippen LogP contribution in [0, 0.1) is 11.8 Å². The van der Waals surface area contributed by atoms with Gasteiger partial charge in [-0.05, 0) is 30.5 Å². The van der Waals surface area contributed by atoms with Crippen LogP contribution in [0.2, 0.25) is 18.1 Å². The Kier molecular flexibility index (Phi) is 6.73. The first-order valence-corrected chi connectivity index (χ1v) is 9.28. The Bertz CT molecular complexity index is 292. The van der Waals surface area contributed by atoms with Crippen molar-refractivity contribution in [1.82, 2.24) is 0 Å². The van der Waals surface area contributed by atoms with Crippen LogP contribution in [0.4, 0.5) is 0 Å². The van der Waals surface area contributed by atoms with Gasteiger partial charge < -0.3 is 4.43 Å². The topological polar surface area (TPSA) is 26.3 Å². The van der Waals surface area contributed by atoms with Crippen molar-refractivity contribution < 1.29 is 9.22 Å². The van der Waals surface area contributed by atoms with Gasteiger partial charge in [-0.3, -0.25) is 4.79 Å². The largest absolute Gasteiger partial charge is 0.403 e. The van der Waals surface area contributed by atoms with Crippen molar-refractivity contribution in [1.29, 1.82) is 0 Å². The first-order chi connectivity index (χ1) is 7.74. The van der Waals surface area contributed by atoms with Gasteiger partial charge in [0.15, 0.2) is 14.6 Å². The maximum absolute atomic E-state index is 10.3. The summed E-state index contributed by atoms with van der Waals surface area (Å²) in [6, 6.07) is 0. The number of aldehydes is 1. The molecule has 0 aliphatic heterocycles. The summed E-state index contributed by atoms with van der Waals surface area (Å²) in [6.45, 7) is 13.2. The minimum atomic E-state index is -1.79. The number of carbonyl (C=O) groups excluding carboxylic acids is 1. The standard InChI is InChI=1S/C14H26O2Si/c1-7-8-10-13(11-9-12-15)16-17(5,6)14(2,3)4/h12-13H,7-8,10H2,1-6H3/t13-/m0/s1. The quantitative estimate of drug-likeness (QED) is 0.424. The molecule has 0 bridgehead atoms. The van der Waals surface area contributed by atoms with Gasteiger partial charge in [-0.15, -0.1) is 0 Å². The van der Waals surface area contributed by atoms with Gasteiger partial charge in [-0.2, -0.15) is 0 Å². The van der Waals surface area contributed by atoms with Crippen molar-refractivity contribution in [3.63, 3.8) is 0 Å². The summed E-state index contributed by atoms with van der Waals surface area (Å²) < 4.78 is 6.21. The highest BCUT2D eigenvalue weighted by molar-refractivity contribution is 6.74. The number of hydrogen-bond acceptors (Lipinski definition) is 2. The van der Waals surface area contributed by atoms with E-state index in [0.717, 1.165) is 19.3 Å². The Morgan fingerprint density at radius 3 is 2.35 bits per heavy atom. The Morgan fingerprint density at radius 1 is 1.35 bits per heavy atom. The van der Waals surface area contributed by atoms with E-state index in [4.69, 9.17) is 4.43 Å². The van der Waals surface area contributed by atoms with Gasteiger partial charge >= 0.3 is 0 Å². The lowest BCUT2D eigenvalue weighted by Gasteiger charge is -2.38. The van der Waals surface area contributed by atoms with Crippen LogP contribution in [-0.4, -0.2) is 20.7 Å². The van der Waals surface area contributed by atoms with Gasteiger partial charge in [0, 0.05) is 0 Å². The van der Waals surface area contributed by atoms with Crippen LogP contribution >= 0.6 is 0 Å². The van der Waals surface area contributed by atoms with Gasteiger partial charge in [0.25, 0.3) is 0 Å². The third-order valence-corrected chi connectivity index (χ3v) is 7.85. The van der Waals surface area contributed by atoms with Crippen LogP contribution in [-0.2, 0) is 9.22 Å². The van der Waals surface area contributed by atoms with Crippen molar-refractivity contribution in [2.75, 3.05) is 0 Å². The molecular formula is C14H26O2Si. The van der Waals surface area contributed by atoms with E-state index < -0.39 is 8.32 Å². The lowest BCUT2D eigenvalue weighted by Crippen LogP contribution is -2.43. The molecule has 0 unspecified atom stereocenters. The Balaban J connectivity index is 4.67. The van der Waals surface area contributed by atoms with Crippen molar-refractivity contribution in [3.8, 4) is 11.8 Å². The average molecular weight is 254 g/mol. The highest BCUT2D eigenvalue weighted by Gasteiger charge is 2.38. The van der Waals surface area contributed by atoms with Crippen LogP contribution in [0.25, 0.3) is 0 Å². The molecule has 0 aliphatic rings. The summed E-state index contributed by atoms with van der Waals surface area (Å²) in [5.74, 6) is 5.42. The maximum atomic E-state index is 10.3. The van der Waals surface area contributed by atoms with Gasteiger partial charge in [-0.1, -0.05) is 46.5 Å². The average Bonchev–Trinajstić information content (AvgIpc) is 2.20. The molecule has 0 aromatic heterocycles. The van der Waals surface area contributed by atoms with Crippen LogP contribution < -0.4 is 0 Å². The molecule has 0 aromatic rings. The molecule has 3 heteroatoms. The predicted octanol–water partition coefficient (Wildman–Crippen LogP) is 3.77. The molecule has 0 aliphatic carbocycles. The number of rotatable bonds is 5. The summed E-state index contributed by atoms with van der Waals surface area (Å²) in [6.07, 6.45) is 3.70. The van der Waals surface area contributed by atoms with E-state index in [1.165, 1.54) is 0 Å². The second kappa shape index (κ2) is 6.98. The molecule has 0 saturated carbocycles. The molecule has 0 fully saturated rings. The zero-order valence-corrected chi connectivity index (χ0v) is 13.1. The fourth-order valence-electron chi connectivity index (χ4n) is 1.21. The Labute approximate surface area is 107 Å². The van der Waals surface area contributed by atoms with Gasteiger partial charge in [0.05, 0.1) is 0 Å². The van der Waals surface area contributed by atoms with Crippen LogP contribution in [0.1, 0.15) is 47.0 Å². The number of unbranched alkanes of at least 4 members (excludes halogenated alkanes) is 1. The van der Waals surface area contributed by atoms with Crippen molar-refractivity contribution in [2.45, 2.75) is 71.2 Å². The van der Waals surface area contributed by atoms with E-state index in [0.29, 0.717) is 6.29 Å². The lowest BCUT2D eigenvalue weighted by atomic mass is 10.2. The van der Waals surface area contributed by atoms with Crippen molar-refractivity contribution in [3.05, 3.63) is 0 Å². The van der Waals surface area contributed by atoms with Crippen LogP contribution in [0.3, 0.4) is 0 Å². The summed E-state index contributed by atoms with van der Waals surface area (Å²) in [4.78, 5) is 10.3. The molecule has 0 spiro atoms. The van der Waals surface area contributed by atoms with Crippen molar-refractivity contribution in [2.24, 2.45) is 0 Å². The van der Waals surface area contributed by atoms with Gasteiger partial charge in [-0.25, -0.2) is 0 Å². The molecule has 98 valence electrons. The molecule has 17 heavy (non-hydrogen) atoms. The summed E-state index contributed by atoms with van der Waals surface area (Å²) in [7, 11) is -1.79. The highest BCUT2D eigenvalue weighted by atomic mass is 28.4. The molecule has 0 N–H and O–H groups in total. The van der Waals surface area contributed by atoms with Crippen LogP contribution in [0.5, 0.6) is 0 Å². The normalized spacial score (nSPS) is 13.8. The van der Waals surface area contributed by atoms with Gasteiger partial charge in [0.1, 0.15) is 6.10 Å². The number of carbonyl (C=O) groups is 1. The van der Waals surface area contributed by atoms with E-state index in [1.807, 2.05) is 0 Å². The van der Waals surface area contributed by atoms with E-state index in [1.54, 1.807) is 0 Å². The smallest absolute Gasteiger partial charge is 0.193 e. The fraction of sp³-hybridized carbons (Fsp3) is 0.786. The fourth-order valence-corrected chi connectivity index (χ4v) is 2.45. The first kappa shape index (κ1) is 16.4. The molecule has 1 atom stereocenters. The minimum Gasteiger partial charge on any atom is -0.403 e. The predicted molar refractivity (Wildman–Crippen MR) is 75.4 cm³/mol. The molecule has 0 radical (unpaired) electrons. The van der Waals surface area contributed by atoms with Crippen molar-refractivity contribution >= 4 is 14.6 Å². The number of hydrogen-bond donors (Lipinski definition) is 0. The maximum Gasteiger partial charge on any atom is 0.193 e. The Morgan fingerprint density at radius 2 is 1.94 bits per heavy atom. The SMILES string of the molecule is CCCC[C@@H](C#CC=O)O[Si](C)(C)C(C)(C)C. The van der Waals surface area contributed by atoms with E-state index in [-0.39, 0.29) is 11.1 Å². The minimum absolute atomic E-state index is 0.0824. The summed E-state index contributed by atoms with van der Waals surface area (Å²) in [5, 5.41) is 0.181. The van der Waals surface area contributed by atoms with Gasteiger partial charge in [0.2, 0.25) is 0 Å². The Hall–Kier alpha value is -0.593. The zero-order chi connectivity index (χ0) is 13.5. The summed E-state index contributed by atoms with van der Waals surface area (Å²) >= 11 is 0. The molecule has 2 nitrogen and oxygen atoms in total. The molecule has 0 heterocycles. The van der Waals surface area contributed by atoms with E-state index >= 15 is 0 Å². The monoisotopic (exact) mass is 254 g/mol. The van der Waals surface area contributed by atoms with E-state index in [9.17, 15) is 4.79 Å². The van der Waals surface area contributed by atoms with Crippen LogP contribution in [0.15, 0.2) is 0 Å².